The number of Topliss-reactive ketones (excluding diaryl/α,β-unsaturated/α-hetero) is 1. The van der Waals surface area contributed by atoms with Crippen LogP contribution in [0.3, 0.4) is 0 Å². The zero-order valence-corrected chi connectivity index (χ0v) is 16.2. The first kappa shape index (κ1) is 19.1. The highest BCUT2D eigenvalue weighted by atomic mass is 16.5. The molecule has 1 aliphatic heterocycles. The fourth-order valence-electron chi connectivity index (χ4n) is 3.45. The fourth-order valence-corrected chi connectivity index (χ4v) is 3.45. The first-order valence-corrected chi connectivity index (χ1v) is 9.48. The van der Waals surface area contributed by atoms with Crippen molar-refractivity contribution in [2.75, 3.05) is 13.1 Å². The predicted molar refractivity (Wildman–Crippen MR) is 106 cm³/mol. The van der Waals surface area contributed by atoms with Crippen molar-refractivity contribution in [3.8, 4) is 11.5 Å². The molecule has 3 rings (SSSR count). The Hall–Kier alpha value is -2.66. The van der Waals surface area contributed by atoms with Crippen LogP contribution >= 0.6 is 0 Å². The average molecular weight is 366 g/mol. The molecule has 1 aromatic heterocycles. The van der Waals surface area contributed by atoms with Crippen LogP contribution in [0.15, 0.2) is 36.2 Å². The molecule has 0 bridgehead atoms. The highest BCUT2D eigenvalue weighted by Crippen LogP contribution is 2.42. The first-order valence-electron chi connectivity index (χ1n) is 9.48. The lowest BCUT2D eigenvalue weighted by molar-refractivity contribution is 0.101. The highest BCUT2D eigenvalue weighted by molar-refractivity contribution is 6.15. The number of hydrogen-bond donors (Lipinski definition) is 1. The first-order chi connectivity index (χ1) is 13.0. The number of fused-ring (bicyclic) bond motifs is 1. The summed E-state index contributed by atoms with van der Waals surface area (Å²) in [5, 5.41) is 10.6. The van der Waals surface area contributed by atoms with Crippen molar-refractivity contribution < 1.29 is 14.6 Å². The van der Waals surface area contributed by atoms with E-state index in [1.54, 1.807) is 18.3 Å². The molecule has 0 radical (unpaired) electrons. The summed E-state index contributed by atoms with van der Waals surface area (Å²) in [6, 6.07) is 7.17. The number of aromatic nitrogens is 1. The Morgan fingerprint density at radius 3 is 2.59 bits per heavy atom. The van der Waals surface area contributed by atoms with E-state index >= 15 is 0 Å². The zero-order valence-electron chi connectivity index (χ0n) is 16.2. The Morgan fingerprint density at radius 1 is 1.22 bits per heavy atom. The third-order valence-corrected chi connectivity index (χ3v) is 4.65. The molecule has 27 heavy (non-hydrogen) atoms. The van der Waals surface area contributed by atoms with Crippen molar-refractivity contribution in [2.24, 2.45) is 0 Å². The molecule has 0 unspecified atom stereocenters. The molecule has 5 heteroatoms. The maximum Gasteiger partial charge on any atom is 0.232 e. The highest BCUT2D eigenvalue weighted by Gasteiger charge is 2.33. The van der Waals surface area contributed by atoms with Crippen molar-refractivity contribution in [3.63, 3.8) is 0 Å². The van der Waals surface area contributed by atoms with Crippen LogP contribution in [0.25, 0.3) is 6.08 Å². The van der Waals surface area contributed by atoms with Crippen LogP contribution in [0.1, 0.15) is 53.9 Å². The van der Waals surface area contributed by atoms with Gasteiger partial charge in [-0.1, -0.05) is 19.9 Å². The smallest absolute Gasteiger partial charge is 0.232 e. The van der Waals surface area contributed by atoms with E-state index in [0.717, 1.165) is 31.5 Å². The number of allylic oxidation sites excluding steroid dienone is 1. The topological polar surface area (TPSA) is 62.7 Å². The SMILES string of the molecule is CCCN(CCC)Cc1c(O)cc(C)c2c1O/C(=C/c1ccccn1)C2=O. The number of pyridine rings is 1. The molecule has 5 nitrogen and oxygen atoms in total. The molecule has 0 atom stereocenters. The van der Waals surface area contributed by atoms with E-state index < -0.39 is 0 Å². The van der Waals surface area contributed by atoms with Crippen molar-refractivity contribution in [1.82, 2.24) is 9.88 Å². The van der Waals surface area contributed by atoms with Crippen LogP contribution in [0, 0.1) is 6.92 Å². The second kappa shape index (κ2) is 8.35. The average Bonchev–Trinajstić information content (AvgIpc) is 2.96. The van der Waals surface area contributed by atoms with Gasteiger partial charge in [0, 0.05) is 18.8 Å². The van der Waals surface area contributed by atoms with Gasteiger partial charge in [-0.15, -0.1) is 0 Å². The number of nitrogens with zero attached hydrogens (tertiary/aromatic N) is 2. The van der Waals surface area contributed by atoms with Gasteiger partial charge in [-0.2, -0.15) is 0 Å². The van der Waals surface area contributed by atoms with Gasteiger partial charge in [0.25, 0.3) is 0 Å². The molecule has 2 heterocycles. The Balaban J connectivity index is 1.99. The van der Waals surface area contributed by atoms with Gasteiger partial charge in [0.1, 0.15) is 11.5 Å². The summed E-state index contributed by atoms with van der Waals surface area (Å²) in [4.78, 5) is 19.4. The van der Waals surface area contributed by atoms with E-state index in [9.17, 15) is 9.90 Å². The van der Waals surface area contributed by atoms with Gasteiger partial charge in [-0.05, 0) is 56.6 Å². The molecule has 0 amide bonds. The van der Waals surface area contributed by atoms with E-state index in [-0.39, 0.29) is 17.3 Å². The fraction of sp³-hybridized carbons (Fsp3) is 0.364. The van der Waals surface area contributed by atoms with E-state index in [2.05, 4.69) is 23.7 Å². The van der Waals surface area contributed by atoms with Crippen LogP contribution in [0.5, 0.6) is 11.5 Å². The maximum absolute atomic E-state index is 12.9. The minimum absolute atomic E-state index is 0.160. The summed E-state index contributed by atoms with van der Waals surface area (Å²) in [6.07, 6.45) is 5.38. The molecular formula is C22H26N2O3. The molecule has 0 fully saturated rings. The number of ether oxygens (including phenoxy) is 1. The van der Waals surface area contributed by atoms with Crippen molar-refractivity contribution in [1.29, 1.82) is 0 Å². The second-order valence-corrected chi connectivity index (χ2v) is 6.87. The van der Waals surface area contributed by atoms with Gasteiger partial charge in [-0.3, -0.25) is 14.7 Å². The third-order valence-electron chi connectivity index (χ3n) is 4.65. The number of phenolic OH excluding ortho intramolecular Hbond substituents is 1. The molecule has 0 aliphatic carbocycles. The van der Waals surface area contributed by atoms with Gasteiger partial charge in [0.05, 0.1) is 16.8 Å². The summed E-state index contributed by atoms with van der Waals surface area (Å²) in [5.41, 5.74) is 2.60. The van der Waals surface area contributed by atoms with Crippen LogP contribution in [0.2, 0.25) is 0 Å². The van der Waals surface area contributed by atoms with Gasteiger partial charge in [0.2, 0.25) is 5.78 Å². The van der Waals surface area contributed by atoms with E-state index in [1.807, 2.05) is 25.1 Å². The molecule has 1 N–H and O–H groups in total. The molecule has 2 aromatic rings. The largest absolute Gasteiger partial charge is 0.507 e. The predicted octanol–water partition coefficient (Wildman–Crippen LogP) is 4.33. The summed E-state index contributed by atoms with van der Waals surface area (Å²) in [5.74, 6) is 0.746. The monoisotopic (exact) mass is 366 g/mol. The number of ketones is 1. The van der Waals surface area contributed by atoms with E-state index in [4.69, 9.17) is 4.74 Å². The molecule has 0 spiro atoms. The Labute approximate surface area is 160 Å². The summed E-state index contributed by atoms with van der Waals surface area (Å²) in [6.45, 7) is 8.51. The van der Waals surface area contributed by atoms with Gasteiger partial charge in [0.15, 0.2) is 5.76 Å². The number of aryl methyl sites for hydroxylation is 1. The van der Waals surface area contributed by atoms with Crippen LogP contribution in [-0.2, 0) is 6.54 Å². The summed E-state index contributed by atoms with van der Waals surface area (Å²) in [7, 11) is 0. The Kier molecular flexibility index (Phi) is 5.91. The number of rotatable bonds is 7. The van der Waals surface area contributed by atoms with Gasteiger partial charge in [-0.25, -0.2) is 0 Å². The minimum atomic E-state index is -0.160. The standard InChI is InChI=1S/C22H26N2O3/c1-4-10-24(11-5-2)14-17-18(25)12-15(3)20-21(26)19(27-22(17)20)13-16-8-6-7-9-23-16/h6-9,12-13,25H,4-5,10-11,14H2,1-3H3/b19-13+. The maximum atomic E-state index is 12.9. The molecule has 1 aliphatic rings. The quantitative estimate of drug-likeness (QED) is 0.739. The Bertz CT molecular complexity index is 854. The third kappa shape index (κ3) is 4.03. The molecule has 1 aromatic carbocycles. The molecule has 0 saturated heterocycles. The number of carbonyl (C=O) groups is 1. The number of phenols is 1. The second-order valence-electron chi connectivity index (χ2n) is 6.87. The number of carbonyl (C=O) groups excluding carboxylic acids is 1. The van der Waals surface area contributed by atoms with Crippen LogP contribution in [-0.4, -0.2) is 33.9 Å². The minimum Gasteiger partial charge on any atom is -0.507 e. The number of aromatic hydroxyl groups is 1. The van der Waals surface area contributed by atoms with Crippen molar-refractivity contribution in [3.05, 3.63) is 58.6 Å². The lowest BCUT2D eigenvalue weighted by Gasteiger charge is -2.22. The Morgan fingerprint density at radius 2 is 1.96 bits per heavy atom. The summed E-state index contributed by atoms with van der Waals surface area (Å²) < 4.78 is 5.96. The summed E-state index contributed by atoms with van der Waals surface area (Å²) >= 11 is 0. The normalized spacial score (nSPS) is 14.7. The van der Waals surface area contributed by atoms with Crippen LogP contribution < -0.4 is 4.74 Å². The van der Waals surface area contributed by atoms with Gasteiger partial charge >= 0.3 is 0 Å². The molecule has 142 valence electrons. The lowest BCUT2D eigenvalue weighted by atomic mass is 9.99. The number of hydrogen-bond acceptors (Lipinski definition) is 5. The van der Waals surface area contributed by atoms with Crippen LogP contribution in [0.4, 0.5) is 0 Å². The van der Waals surface area contributed by atoms with Gasteiger partial charge < -0.3 is 9.84 Å². The molecular weight excluding hydrogens is 340 g/mol. The number of benzene rings is 1. The van der Waals surface area contributed by atoms with Crippen molar-refractivity contribution >= 4 is 11.9 Å². The zero-order chi connectivity index (χ0) is 19.4. The van der Waals surface area contributed by atoms with E-state index in [0.29, 0.717) is 29.1 Å². The van der Waals surface area contributed by atoms with E-state index in [1.165, 1.54) is 0 Å². The lowest BCUT2D eigenvalue weighted by Crippen LogP contribution is -2.25. The van der Waals surface area contributed by atoms with Crippen molar-refractivity contribution in [2.45, 2.75) is 40.2 Å². The molecule has 0 saturated carbocycles.